The van der Waals surface area contributed by atoms with Crippen molar-refractivity contribution in [2.75, 3.05) is 0 Å². The molecule has 0 amide bonds. The molecular weight excluding hydrogens is 247 g/mol. The van der Waals surface area contributed by atoms with E-state index < -0.39 is 7.92 Å². The molecule has 0 aliphatic heterocycles. The summed E-state index contributed by atoms with van der Waals surface area (Å²) in [6, 6.07) is 0. The summed E-state index contributed by atoms with van der Waals surface area (Å²) in [6.07, 6.45) is 20.1. The van der Waals surface area contributed by atoms with E-state index in [0.29, 0.717) is 0 Å². The molecule has 0 aromatic rings. The summed E-state index contributed by atoms with van der Waals surface area (Å²) in [7, 11) is -0.397. The average Bonchev–Trinajstić information content (AvgIpc) is 3.07. The number of rotatable bonds is 3. The SMILES string of the molecule is C[C]1[CH][CH][CH][C]1P([C]1[CH][CH][CH][C]1C)[C]1[CH][CH][CH][C]1C. The Balaban J connectivity index is 1.82. The van der Waals surface area contributed by atoms with Crippen molar-refractivity contribution in [3.8, 4) is 0 Å². The van der Waals surface area contributed by atoms with E-state index in [0.717, 1.165) is 0 Å². The van der Waals surface area contributed by atoms with Crippen LogP contribution in [0.1, 0.15) is 20.8 Å². The van der Waals surface area contributed by atoms with E-state index in [2.05, 4.69) is 78.6 Å². The van der Waals surface area contributed by atoms with Gasteiger partial charge in [-0.1, -0.05) is 28.7 Å². The van der Waals surface area contributed by atoms with E-state index in [1.54, 1.807) is 0 Å². The largest absolute Gasteiger partial charge is 0.0821 e. The molecule has 1 heteroatoms. The maximum atomic E-state index is 2.29. The smallest absolute Gasteiger partial charge is 0.0117 e. The fourth-order valence-corrected chi connectivity index (χ4v) is 5.41. The molecule has 0 heterocycles. The molecule has 3 fully saturated rings. The van der Waals surface area contributed by atoms with Gasteiger partial charge in [-0.05, 0) is 75.5 Å². The van der Waals surface area contributed by atoms with Gasteiger partial charge in [0.2, 0.25) is 0 Å². The Morgan fingerprint density at radius 1 is 0.526 bits per heavy atom. The zero-order chi connectivity index (χ0) is 13.4. The summed E-state index contributed by atoms with van der Waals surface area (Å²) in [6.45, 7) is 6.67. The lowest BCUT2D eigenvalue weighted by Gasteiger charge is -2.38. The van der Waals surface area contributed by atoms with E-state index >= 15 is 0 Å². The molecule has 15 radical (unpaired) electrons. The standard InChI is InChI=1S/C18H18P/c1-13-7-4-10-16(13)19(17-11-5-8-14(17)2)18-12-6-9-15(18)3/h4-12H,1-3H3. The molecule has 95 valence electrons. The normalized spacial score (nSPS) is 30.3. The van der Waals surface area contributed by atoms with Gasteiger partial charge in [0, 0.05) is 17.0 Å². The molecule has 0 N–H and O–H groups in total. The molecule has 0 aromatic heterocycles. The van der Waals surface area contributed by atoms with Gasteiger partial charge in [-0.3, -0.25) is 0 Å². The fourth-order valence-electron chi connectivity index (χ4n) is 2.64. The molecule has 19 heavy (non-hydrogen) atoms. The third kappa shape index (κ3) is 2.76. The van der Waals surface area contributed by atoms with Crippen molar-refractivity contribution in [2.24, 2.45) is 0 Å². The first-order chi connectivity index (χ1) is 9.18. The van der Waals surface area contributed by atoms with Gasteiger partial charge in [0.25, 0.3) is 0 Å². The summed E-state index contributed by atoms with van der Waals surface area (Å²) >= 11 is 0. The molecule has 3 saturated carbocycles. The maximum Gasteiger partial charge on any atom is 0.0117 e. The van der Waals surface area contributed by atoms with Crippen LogP contribution >= 0.6 is 7.92 Å². The van der Waals surface area contributed by atoms with E-state index in [9.17, 15) is 0 Å². The average molecular weight is 265 g/mol. The molecule has 3 aliphatic carbocycles. The quantitative estimate of drug-likeness (QED) is 0.647. The highest BCUT2D eigenvalue weighted by molar-refractivity contribution is 7.68. The topological polar surface area (TPSA) is 0 Å². The summed E-state index contributed by atoms with van der Waals surface area (Å²) in [5.41, 5.74) is 4.50. The van der Waals surface area contributed by atoms with Crippen molar-refractivity contribution in [3.05, 3.63) is 92.5 Å². The van der Waals surface area contributed by atoms with Crippen LogP contribution in [0.5, 0.6) is 0 Å². The van der Waals surface area contributed by atoms with Gasteiger partial charge in [0.1, 0.15) is 0 Å². The number of hydrogen-bond donors (Lipinski definition) is 0. The second-order valence-electron chi connectivity index (χ2n) is 5.12. The summed E-state index contributed by atoms with van der Waals surface area (Å²) < 4.78 is 0. The molecule has 0 unspecified atom stereocenters. The second-order valence-corrected chi connectivity index (χ2v) is 7.23. The van der Waals surface area contributed by atoms with Crippen LogP contribution in [0.4, 0.5) is 0 Å². The third-order valence-electron chi connectivity index (χ3n) is 3.74. The Bertz CT molecular complexity index is 253. The molecule has 0 nitrogen and oxygen atoms in total. The van der Waals surface area contributed by atoms with E-state index in [4.69, 9.17) is 0 Å². The highest BCUT2D eigenvalue weighted by Crippen LogP contribution is 2.76. The summed E-state index contributed by atoms with van der Waals surface area (Å²) in [5.74, 6) is 4.23. The van der Waals surface area contributed by atoms with Crippen molar-refractivity contribution >= 4 is 7.92 Å². The summed E-state index contributed by atoms with van der Waals surface area (Å²) in [4.78, 5) is 0. The Labute approximate surface area is 121 Å². The lowest BCUT2D eigenvalue weighted by Crippen LogP contribution is -2.13. The van der Waals surface area contributed by atoms with Crippen LogP contribution in [0.15, 0.2) is 0 Å². The van der Waals surface area contributed by atoms with Crippen LogP contribution < -0.4 is 0 Å². The molecule has 3 rings (SSSR count). The van der Waals surface area contributed by atoms with Gasteiger partial charge in [-0.25, -0.2) is 0 Å². The van der Waals surface area contributed by atoms with Crippen molar-refractivity contribution in [1.29, 1.82) is 0 Å². The van der Waals surface area contributed by atoms with Crippen LogP contribution in [-0.2, 0) is 0 Å². The van der Waals surface area contributed by atoms with Crippen LogP contribution in [0, 0.1) is 92.5 Å². The summed E-state index contributed by atoms with van der Waals surface area (Å²) in [5, 5.41) is 0. The Kier molecular flexibility index (Phi) is 4.57. The van der Waals surface area contributed by atoms with Gasteiger partial charge < -0.3 is 0 Å². The zero-order valence-electron chi connectivity index (χ0n) is 11.6. The minimum Gasteiger partial charge on any atom is -0.0821 e. The highest BCUT2D eigenvalue weighted by Gasteiger charge is 2.47. The lowest BCUT2D eigenvalue weighted by atomic mass is 10.1. The predicted octanol–water partition coefficient (Wildman–Crippen LogP) is 4.73. The monoisotopic (exact) mass is 265 g/mol. The van der Waals surface area contributed by atoms with Gasteiger partial charge in [0.05, 0.1) is 0 Å². The minimum atomic E-state index is -0.397. The minimum absolute atomic E-state index is 0.397. The number of hydrogen-bond acceptors (Lipinski definition) is 0. The van der Waals surface area contributed by atoms with E-state index in [1.165, 1.54) is 34.7 Å². The van der Waals surface area contributed by atoms with Crippen molar-refractivity contribution in [2.45, 2.75) is 20.8 Å². The van der Waals surface area contributed by atoms with E-state index in [-0.39, 0.29) is 0 Å². The van der Waals surface area contributed by atoms with Crippen LogP contribution in [0.3, 0.4) is 0 Å². The Morgan fingerprint density at radius 3 is 1.05 bits per heavy atom. The van der Waals surface area contributed by atoms with Crippen molar-refractivity contribution in [1.82, 2.24) is 0 Å². The zero-order valence-corrected chi connectivity index (χ0v) is 12.5. The molecule has 0 bridgehead atoms. The van der Waals surface area contributed by atoms with Gasteiger partial charge in [-0.2, -0.15) is 0 Å². The third-order valence-corrected chi connectivity index (χ3v) is 6.69. The Hall–Kier alpha value is 0.430. The predicted molar refractivity (Wildman–Crippen MR) is 82.1 cm³/mol. The first-order valence-corrected chi connectivity index (χ1v) is 7.99. The molecular formula is C18H18P. The molecule has 0 spiro atoms. The fraction of sp³-hybridized carbons (Fsp3) is 0.167. The van der Waals surface area contributed by atoms with Crippen molar-refractivity contribution in [3.63, 3.8) is 0 Å². The lowest BCUT2D eigenvalue weighted by molar-refractivity contribution is 1.14. The van der Waals surface area contributed by atoms with Crippen LogP contribution in [0.2, 0.25) is 0 Å². The van der Waals surface area contributed by atoms with Crippen LogP contribution in [-0.4, -0.2) is 0 Å². The molecule has 3 aliphatic rings. The second kappa shape index (κ2) is 6.05. The molecule has 0 aromatic carbocycles. The first-order valence-electron chi connectivity index (χ1n) is 6.65. The van der Waals surface area contributed by atoms with Crippen LogP contribution in [0.25, 0.3) is 0 Å². The first kappa shape index (κ1) is 14.4. The Morgan fingerprint density at radius 2 is 0.842 bits per heavy atom. The maximum absolute atomic E-state index is 2.29. The van der Waals surface area contributed by atoms with Crippen molar-refractivity contribution < 1.29 is 0 Å². The van der Waals surface area contributed by atoms with Gasteiger partial charge in [0.15, 0.2) is 0 Å². The molecule has 0 atom stereocenters. The van der Waals surface area contributed by atoms with E-state index in [1.807, 2.05) is 0 Å². The molecule has 0 saturated heterocycles. The van der Waals surface area contributed by atoms with Gasteiger partial charge >= 0.3 is 0 Å². The highest BCUT2D eigenvalue weighted by atomic mass is 31.1. The van der Waals surface area contributed by atoms with Gasteiger partial charge in [-0.15, -0.1) is 0 Å².